The number of nitrogens with one attached hydrogen (secondary N) is 1. The minimum Gasteiger partial charge on any atom is -0.459 e. The first-order valence-electron chi connectivity index (χ1n) is 9.12. The Bertz CT molecular complexity index is 1000. The molecule has 0 spiro atoms. The number of amides is 1. The summed E-state index contributed by atoms with van der Waals surface area (Å²) >= 11 is 0. The Morgan fingerprint density at radius 3 is 2.56 bits per heavy atom. The van der Waals surface area contributed by atoms with Crippen molar-refractivity contribution in [3.8, 4) is 0 Å². The average molecular weight is 364 g/mol. The summed E-state index contributed by atoms with van der Waals surface area (Å²) in [5, 5.41) is 3.98. The molecule has 0 saturated heterocycles. The SMILES string of the molecule is CCn1c(C(=O)Nc2cccc(C(=O)OC(C)C)c2)c(C)c2ccccc21. The molecule has 0 atom stereocenters. The summed E-state index contributed by atoms with van der Waals surface area (Å²) in [6, 6.07) is 14.8. The van der Waals surface area contributed by atoms with Crippen molar-refractivity contribution < 1.29 is 14.3 Å². The van der Waals surface area contributed by atoms with E-state index in [0.29, 0.717) is 23.5 Å². The van der Waals surface area contributed by atoms with Crippen molar-refractivity contribution in [2.45, 2.75) is 40.3 Å². The van der Waals surface area contributed by atoms with Crippen LogP contribution in [-0.2, 0) is 11.3 Å². The number of aromatic nitrogens is 1. The van der Waals surface area contributed by atoms with Crippen LogP contribution in [-0.4, -0.2) is 22.5 Å². The zero-order valence-electron chi connectivity index (χ0n) is 16.1. The van der Waals surface area contributed by atoms with E-state index in [4.69, 9.17) is 4.74 Å². The lowest BCUT2D eigenvalue weighted by molar-refractivity contribution is 0.0377. The van der Waals surface area contributed by atoms with Crippen LogP contribution in [0.2, 0.25) is 0 Å². The summed E-state index contributed by atoms with van der Waals surface area (Å²) in [6.07, 6.45) is -0.196. The smallest absolute Gasteiger partial charge is 0.338 e. The van der Waals surface area contributed by atoms with Crippen LogP contribution in [0.1, 0.15) is 47.2 Å². The molecule has 5 nitrogen and oxygen atoms in total. The molecule has 1 N–H and O–H groups in total. The molecule has 0 saturated carbocycles. The maximum atomic E-state index is 13.0. The van der Waals surface area contributed by atoms with Crippen molar-refractivity contribution in [1.82, 2.24) is 4.57 Å². The summed E-state index contributed by atoms with van der Waals surface area (Å²) < 4.78 is 7.23. The molecule has 3 aromatic rings. The number of hydrogen-bond donors (Lipinski definition) is 1. The molecule has 0 aliphatic heterocycles. The standard InChI is InChI=1S/C22H24N2O3/c1-5-24-19-12-7-6-11-18(19)15(4)20(24)21(25)23-17-10-8-9-16(13-17)22(26)27-14(2)3/h6-14H,5H2,1-4H3,(H,23,25). The highest BCUT2D eigenvalue weighted by molar-refractivity contribution is 6.08. The number of carbonyl (C=O) groups is 2. The molecule has 0 aliphatic carbocycles. The summed E-state index contributed by atoms with van der Waals surface area (Å²) in [5.41, 5.74) is 3.59. The predicted octanol–water partition coefficient (Wildman–Crippen LogP) is 4.79. The van der Waals surface area contributed by atoms with E-state index in [9.17, 15) is 9.59 Å². The molecular weight excluding hydrogens is 340 g/mol. The number of para-hydroxylation sites is 1. The van der Waals surface area contributed by atoms with Gasteiger partial charge in [0.2, 0.25) is 0 Å². The highest BCUT2D eigenvalue weighted by atomic mass is 16.5. The third-order valence-corrected chi connectivity index (χ3v) is 4.45. The van der Waals surface area contributed by atoms with Gasteiger partial charge in [0.25, 0.3) is 5.91 Å². The maximum absolute atomic E-state index is 13.0. The van der Waals surface area contributed by atoms with Crippen molar-refractivity contribution >= 4 is 28.5 Å². The van der Waals surface area contributed by atoms with Crippen LogP contribution >= 0.6 is 0 Å². The van der Waals surface area contributed by atoms with E-state index in [0.717, 1.165) is 16.5 Å². The molecule has 0 unspecified atom stereocenters. The number of esters is 1. The van der Waals surface area contributed by atoms with Gasteiger partial charge in [-0.15, -0.1) is 0 Å². The van der Waals surface area contributed by atoms with Gasteiger partial charge in [0, 0.05) is 23.1 Å². The van der Waals surface area contributed by atoms with E-state index in [1.807, 2.05) is 42.7 Å². The van der Waals surface area contributed by atoms with Gasteiger partial charge in [0.1, 0.15) is 5.69 Å². The first-order chi connectivity index (χ1) is 12.9. The van der Waals surface area contributed by atoms with E-state index in [2.05, 4.69) is 5.32 Å². The fraction of sp³-hybridized carbons (Fsp3) is 0.273. The van der Waals surface area contributed by atoms with Crippen LogP contribution in [0.4, 0.5) is 5.69 Å². The quantitative estimate of drug-likeness (QED) is 0.662. The largest absolute Gasteiger partial charge is 0.459 e. The number of carbonyl (C=O) groups excluding carboxylic acids is 2. The van der Waals surface area contributed by atoms with Crippen molar-refractivity contribution in [1.29, 1.82) is 0 Å². The van der Waals surface area contributed by atoms with Crippen molar-refractivity contribution in [3.63, 3.8) is 0 Å². The molecule has 27 heavy (non-hydrogen) atoms. The molecule has 1 aromatic heterocycles. The number of fused-ring (bicyclic) bond motifs is 1. The maximum Gasteiger partial charge on any atom is 0.338 e. The van der Waals surface area contributed by atoms with Crippen LogP contribution < -0.4 is 5.32 Å². The van der Waals surface area contributed by atoms with Gasteiger partial charge in [-0.2, -0.15) is 0 Å². The Morgan fingerprint density at radius 1 is 1.11 bits per heavy atom. The van der Waals surface area contributed by atoms with E-state index in [-0.39, 0.29) is 12.0 Å². The lowest BCUT2D eigenvalue weighted by atomic mass is 10.1. The Hall–Kier alpha value is -3.08. The summed E-state index contributed by atoms with van der Waals surface area (Å²) in [6.45, 7) is 8.27. The first-order valence-corrected chi connectivity index (χ1v) is 9.12. The zero-order chi connectivity index (χ0) is 19.6. The molecular formula is C22H24N2O3. The molecule has 0 bridgehead atoms. The Balaban J connectivity index is 1.92. The average Bonchev–Trinajstić information content (AvgIpc) is 2.93. The lowest BCUT2D eigenvalue weighted by Crippen LogP contribution is -2.18. The number of nitrogens with zero attached hydrogens (tertiary/aromatic N) is 1. The number of benzene rings is 2. The van der Waals surface area contributed by atoms with Crippen LogP contribution in [0.25, 0.3) is 10.9 Å². The third-order valence-electron chi connectivity index (χ3n) is 4.45. The van der Waals surface area contributed by atoms with Crippen molar-refractivity contribution in [3.05, 3.63) is 65.4 Å². The van der Waals surface area contributed by atoms with E-state index in [1.165, 1.54) is 0 Å². The van der Waals surface area contributed by atoms with Crippen LogP contribution in [0.3, 0.4) is 0 Å². The first kappa shape index (κ1) is 18.7. The van der Waals surface area contributed by atoms with Crippen LogP contribution in [0, 0.1) is 6.92 Å². The molecule has 140 valence electrons. The lowest BCUT2D eigenvalue weighted by Gasteiger charge is -2.11. The molecule has 1 amide bonds. The molecule has 2 aromatic carbocycles. The van der Waals surface area contributed by atoms with Gasteiger partial charge < -0.3 is 14.6 Å². The number of aryl methyl sites for hydroxylation is 2. The van der Waals surface area contributed by atoms with Crippen molar-refractivity contribution in [2.75, 3.05) is 5.32 Å². The van der Waals surface area contributed by atoms with Gasteiger partial charge in [-0.05, 0) is 57.5 Å². The fourth-order valence-electron chi connectivity index (χ4n) is 3.29. The molecule has 0 aliphatic rings. The monoisotopic (exact) mass is 364 g/mol. The second kappa shape index (κ2) is 7.66. The number of ether oxygens (including phenoxy) is 1. The second-order valence-corrected chi connectivity index (χ2v) is 6.72. The summed E-state index contributed by atoms with van der Waals surface area (Å²) in [7, 11) is 0. The topological polar surface area (TPSA) is 60.3 Å². The minimum atomic E-state index is -0.403. The molecule has 0 radical (unpaired) electrons. The number of anilines is 1. The number of rotatable bonds is 5. The second-order valence-electron chi connectivity index (χ2n) is 6.72. The van der Waals surface area contributed by atoms with E-state index < -0.39 is 5.97 Å². The fourth-order valence-corrected chi connectivity index (χ4v) is 3.29. The highest BCUT2D eigenvalue weighted by Crippen LogP contribution is 2.26. The van der Waals surface area contributed by atoms with Gasteiger partial charge in [-0.25, -0.2) is 4.79 Å². The van der Waals surface area contributed by atoms with Gasteiger partial charge in [-0.3, -0.25) is 4.79 Å². The van der Waals surface area contributed by atoms with Gasteiger partial charge >= 0.3 is 5.97 Å². The Labute approximate surface area is 158 Å². The third kappa shape index (κ3) is 3.72. The minimum absolute atomic E-state index is 0.195. The molecule has 3 rings (SSSR count). The summed E-state index contributed by atoms with van der Waals surface area (Å²) in [5.74, 6) is -0.597. The van der Waals surface area contributed by atoms with Crippen LogP contribution in [0.5, 0.6) is 0 Å². The van der Waals surface area contributed by atoms with Crippen LogP contribution in [0.15, 0.2) is 48.5 Å². The van der Waals surface area contributed by atoms with E-state index >= 15 is 0 Å². The Morgan fingerprint density at radius 2 is 1.85 bits per heavy atom. The number of hydrogen-bond acceptors (Lipinski definition) is 3. The predicted molar refractivity (Wildman–Crippen MR) is 107 cm³/mol. The molecule has 1 heterocycles. The van der Waals surface area contributed by atoms with Gasteiger partial charge in [-0.1, -0.05) is 24.3 Å². The normalized spacial score (nSPS) is 11.0. The summed E-state index contributed by atoms with van der Waals surface area (Å²) in [4.78, 5) is 25.1. The van der Waals surface area contributed by atoms with Crippen molar-refractivity contribution in [2.24, 2.45) is 0 Å². The Kier molecular flexibility index (Phi) is 5.31. The van der Waals surface area contributed by atoms with Gasteiger partial charge in [0.15, 0.2) is 0 Å². The highest BCUT2D eigenvalue weighted by Gasteiger charge is 2.20. The molecule has 5 heteroatoms. The molecule has 0 fully saturated rings. The van der Waals surface area contributed by atoms with Gasteiger partial charge in [0.05, 0.1) is 11.7 Å². The zero-order valence-corrected chi connectivity index (χ0v) is 16.1. The van der Waals surface area contributed by atoms with E-state index in [1.54, 1.807) is 38.1 Å².